The SMILES string of the molecule is CC(C)(CCOc1c(Br)cc(Br)cc1Br)C(=N)N. The maximum absolute atomic E-state index is 7.49. The largest absolute Gasteiger partial charge is 0.491 e. The maximum Gasteiger partial charge on any atom is 0.147 e. The topological polar surface area (TPSA) is 59.1 Å². The highest BCUT2D eigenvalue weighted by molar-refractivity contribution is 9.11. The Morgan fingerprint density at radius 3 is 2.22 bits per heavy atom. The van der Waals surface area contributed by atoms with E-state index in [1.54, 1.807) is 0 Å². The van der Waals surface area contributed by atoms with E-state index >= 15 is 0 Å². The monoisotopic (exact) mass is 440 g/mol. The van der Waals surface area contributed by atoms with Crippen LogP contribution in [-0.2, 0) is 0 Å². The summed E-state index contributed by atoms with van der Waals surface area (Å²) in [5.74, 6) is 0.942. The van der Waals surface area contributed by atoms with Gasteiger partial charge < -0.3 is 10.5 Å². The number of hydrogen-bond acceptors (Lipinski definition) is 2. The van der Waals surface area contributed by atoms with Crippen molar-refractivity contribution >= 4 is 53.6 Å². The molecule has 0 aliphatic heterocycles. The molecule has 0 amide bonds. The van der Waals surface area contributed by atoms with E-state index in [0.29, 0.717) is 13.0 Å². The highest BCUT2D eigenvalue weighted by Gasteiger charge is 2.21. The second-order valence-electron chi connectivity index (χ2n) is 4.59. The summed E-state index contributed by atoms with van der Waals surface area (Å²) in [6.07, 6.45) is 0.692. The second kappa shape index (κ2) is 6.39. The van der Waals surface area contributed by atoms with E-state index in [2.05, 4.69) is 47.8 Å². The van der Waals surface area contributed by atoms with Crippen LogP contribution in [0.4, 0.5) is 0 Å². The number of halogens is 3. The van der Waals surface area contributed by atoms with Crippen molar-refractivity contribution in [2.24, 2.45) is 11.1 Å². The van der Waals surface area contributed by atoms with E-state index in [-0.39, 0.29) is 11.3 Å². The molecule has 0 aliphatic rings. The molecule has 0 atom stereocenters. The van der Waals surface area contributed by atoms with Crippen LogP contribution in [0.3, 0.4) is 0 Å². The molecule has 0 heterocycles. The number of ether oxygens (including phenoxy) is 1. The zero-order chi connectivity index (χ0) is 13.9. The summed E-state index contributed by atoms with van der Waals surface area (Å²) >= 11 is 10.3. The Bertz CT molecular complexity index is 438. The summed E-state index contributed by atoms with van der Waals surface area (Å²) in [5, 5.41) is 7.49. The summed E-state index contributed by atoms with van der Waals surface area (Å²) in [6.45, 7) is 4.38. The van der Waals surface area contributed by atoms with Crippen LogP contribution in [0.5, 0.6) is 5.75 Å². The zero-order valence-electron chi connectivity index (χ0n) is 10.2. The molecule has 0 fully saturated rings. The van der Waals surface area contributed by atoms with Crippen LogP contribution >= 0.6 is 47.8 Å². The van der Waals surface area contributed by atoms with E-state index < -0.39 is 0 Å². The summed E-state index contributed by atoms with van der Waals surface area (Å²) in [6, 6.07) is 3.85. The van der Waals surface area contributed by atoms with Gasteiger partial charge in [0.1, 0.15) is 5.75 Å². The Balaban J connectivity index is 2.68. The van der Waals surface area contributed by atoms with Crippen LogP contribution in [0.2, 0.25) is 0 Å². The lowest BCUT2D eigenvalue weighted by Gasteiger charge is -2.23. The first-order chi connectivity index (χ1) is 8.24. The van der Waals surface area contributed by atoms with Gasteiger partial charge in [0.25, 0.3) is 0 Å². The Morgan fingerprint density at radius 2 is 1.78 bits per heavy atom. The minimum absolute atomic E-state index is 0.181. The first-order valence-electron chi connectivity index (χ1n) is 5.36. The van der Waals surface area contributed by atoms with Gasteiger partial charge in [0.05, 0.1) is 21.4 Å². The van der Waals surface area contributed by atoms with Gasteiger partial charge in [-0.1, -0.05) is 29.8 Å². The number of benzene rings is 1. The fraction of sp³-hybridized carbons (Fsp3) is 0.417. The van der Waals surface area contributed by atoms with E-state index in [4.69, 9.17) is 15.9 Å². The minimum atomic E-state index is -0.339. The summed E-state index contributed by atoms with van der Waals surface area (Å²) in [5.41, 5.74) is 5.19. The first-order valence-corrected chi connectivity index (χ1v) is 7.74. The van der Waals surface area contributed by atoms with Crippen molar-refractivity contribution < 1.29 is 4.74 Å². The Kier molecular flexibility index (Phi) is 5.67. The third-order valence-electron chi connectivity index (χ3n) is 2.67. The van der Waals surface area contributed by atoms with E-state index in [1.807, 2.05) is 26.0 Å². The average molecular weight is 443 g/mol. The van der Waals surface area contributed by atoms with Crippen molar-refractivity contribution in [2.45, 2.75) is 20.3 Å². The molecule has 1 rings (SSSR count). The van der Waals surface area contributed by atoms with E-state index in [1.165, 1.54) is 0 Å². The van der Waals surface area contributed by atoms with Crippen LogP contribution in [0, 0.1) is 10.8 Å². The summed E-state index contributed by atoms with van der Waals surface area (Å²) in [4.78, 5) is 0. The van der Waals surface area contributed by atoms with Crippen molar-refractivity contribution in [3.63, 3.8) is 0 Å². The highest BCUT2D eigenvalue weighted by atomic mass is 79.9. The minimum Gasteiger partial charge on any atom is -0.491 e. The van der Waals surface area contributed by atoms with E-state index in [0.717, 1.165) is 19.2 Å². The van der Waals surface area contributed by atoms with E-state index in [9.17, 15) is 0 Å². The fourth-order valence-corrected chi connectivity index (χ4v) is 3.70. The number of amidine groups is 1. The highest BCUT2D eigenvalue weighted by Crippen LogP contribution is 2.36. The molecule has 0 saturated carbocycles. The fourth-order valence-electron chi connectivity index (χ4n) is 1.21. The molecule has 0 saturated heterocycles. The normalized spacial score (nSPS) is 11.4. The quantitative estimate of drug-likeness (QED) is 0.512. The Labute approximate surface area is 132 Å². The lowest BCUT2D eigenvalue weighted by molar-refractivity contribution is 0.266. The molecule has 0 spiro atoms. The predicted molar refractivity (Wildman–Crippen MR) is 85.3 cm³/mol. The molecule has 0 radical (unpaired) electrons. The van der Waals surface area contributed by atoms with Gasteiger partial charge in [-0.3, -0.25) is 5.41 Å². The molecule has 18 heavy (non-hydrogen) atoms. The van der Waals surface area contributed by atoms with Crippen molar-refractivity contribution in [3.05, 3.63) is 25.6 Å². The zero-order valence-corrected chi connectivity index (χ0v) is 14.9. The molecule has 3 N–H and O–H groups in total. The molecule has 1 aromatic carbocycles. The Morgan fingerprint density at radius 1 is 1.28 bits per heavy atom. The molecular weight excluding hydrogens is 428 g/mol. The second-order valence-corrected chi connectivity index (χ2v) is 7.22. The van der Waals surface area contributed by atoms with Crippen molar-refractivity contribution in [1.82, 2.24) is 0 Å². The van der Waals surface area contributed by atoms with Gasteiger partial charge in [-0.2, -0.15) is 0 Å². The van der Waals surface area contributed by atoms with Crippen LogP contribution in [0.25, 0.3) is 0 Å². The third kappa shape index (κ3) is 4.24. The molecule has 1 aromatic rings. The van der Waals surface area contributed by atoms with Gasteiger partial charge in [-0.15, -0.1) is 0 Å². The van der Waals surface area contributed by atoms with Gasteiger partial charge in [-0.05, 0) is 50.4 Å². The van der Waals surface area contributed by atoms with Crippen LogP contribution in [0.15, 0.2) is 25.6 Å². The first kappa shape index (κ1) is 16.0. The van der Waals surface area contributed by atoms with Gasteiger partial charge in [0.15, 0.2) is 0 Å². The lowest BCUT2D eigenvalue weighted by atomic mass is 9.88. The summed E-state index contributed by atoms with van der Waals surface area (Å²) in [7, 11) is 0. The molecule has 0 unspecified atom stereocenters. The molecule has 0 aromatic heterocycles. The van der Waals surface area contributed by atoms with Crippen LogP contribution in [0.1, 0.15) is 20.3 Å². The van der Waals surface area contributed by atoms with Gasteiger partial charge >= 0.3 is 0 Å². The smallest absolute Gasteiger partial charge is 0.147 e. The maximum atomic E-state index is 7.49. The number of hydrogen-bond donors (Lipinski definition) is 2. The molecule has 100 valence electrons. The molecule has 0 aliphatic carbocycles. The molecule has 6 heteroatoms. The number of nitrogens with two attached hydrogens (primary N) is 1. The number of rotatable bonds is 5. The van der Waals surface area contributed by atoms with Gasteiger partial charge in [0, 0.05) is 9.89 Å². The average Bonchev–Trinajstić information content (AvgIpc) is 2.21. The molecule has 3 nitrogen and oxygen atoms in total. The van der Waals surface area contributed by atoms with Crippen molar-refractivity contribution in [1.29, 1.82) is 5.41 Å². The Hall–Kier alpha value is -0.0700. The van der Waals surface area contributed by atoms with Crippen molar-refractivity contribution in [3.8, 4) is 5.75 Å². The lowest BCUT2D eigenvalue weighted by Crippen LogP contribution is -2.32. The third-order valence-corrected chi connectivity index (χ3v) is 4.30. The van der Waals surface area contributed by atoms with Crippen molar-refractivity contribution in [2.75, 3.05) is 6.61 Å². The molecule has 0 bridgehead atoms. The van der Waals surface area contributed by atoms with Gasteiger partial charge in [-0.25, -0.2) is 0 Å². The number of nitrogens with one attached hydrogen (secondary N) is 1. The molecular formula is C12H15Br3N2O. The summed E-state index contributed by atoms with van der Waals surface area (Å²) < 4.78 is 8.47. The van der Waals surface area contributed by atoms with Crippen LogP contribution in [-0.4, -0.2) is 12.4 Å². The van der Waals surface area contributed by atoms with Gasteiger partial charge in [0.2, 0.25) is 0 Å². The predicted octanol–water partition coefficient (Wildman–Crippen LogP) is 4.71. The standard InChI is InChI=1S/C12H15Br3N2O/c1-12(2,11(16)17)3-4-18-10-8(14)5-7(13)6-9(10)15/h5-6H,3-4H2,1-2H3,(H3,16,17). The van der Waals surface area contributed by atoms with Crippen LogP contribution < -0.4 is 10.5 Å².